The van der Waals surface area contributed by atoms with E-state index in [1.165, 1.54) is 6.08 Å². The zero-order chi connectivity index (χ0) is 18.5. The van der Waals surface area contributed by atoms with Crippen LogP contribution < -0.4 is 4.74 Å². The van der Waals surface area contributed by atoms with E-state index in [4.69, 9.17) is 9.84 Å². The highest BCUT2D eigenvalue weighted by Gasteiger charge is 2.29. The fourth-order valence-corrected chi connectivity index (χ4v) is 3.40. The molecular weight excluding hydrogens is 423 g/mol. The van der Waals surface area contributed by atoms with E-state index < -0.39 is 11.9 Å². The molecule has 1 aromatic carbocycles. The third-order valence-corrected chi connectivity index (χ3v) is 5.04. The van der Waals surface area contributed by atoms with Gasteiger partial charge in [0.05, 0.1) is 16.6 Å². The van der Waals surface area contributed by atoms with Crippen molar-refractivity contribution in [1.29, 1.82) is 0 Å². The van der Waals surface area contributed by atoms with E-state index in [1.54, 1.807) is 22.3 Å². The number of rotatable bonds is 6. The van der Waals surface area contributed by atoms with Gasteiger partial charge in [-0.25, -0.2) is 4.98 Å². The second-order valence-electron chi connectivity index (χ2n) is 6.13. The third-order valence-electron chi connectivity index (χ3n) is 4.22. The van der Waals surface area contributed by atoms with Crippen LogP contribution in [0.25, 0.3) is 6.08 Å². The van der Waals surface area contributed by atoms with Crippen LogP contribution in [0.3, 0.4) is 0 Å². The van der Waals surface area contributed by atoms with Crippen molar-refractivity contribution in [3.05, 3.63) is 52.0 Å². The number of amides is 1. The Morgan fingerprint density at radius 1 is 1.36 bits per heavy atom. The molecule has 1 N–H and O–H groups in total. The SMILES string of the molecule is Cc1nc(COc2ccccc2/C=C/C(=O)N2CCC(C(=O)O)C2)cs1.Cl.Cl. The molecule has 1 aliphatic rings. The van der Waals surface area contributed by atoms with Crippen LogP contribution in [0, 0.1) is 12.8 Å². The number of thiazole rings is 1. The molecule has 0 saturated carbocycles. The molecule has 1 fully saturated rings. The summed E-state index contributed by atoms with van der Waals surface area (Å²) in [6.07, 6.45) is 3.68. The summed E-state index contributed by atoms with van der Waals surface area (Å²) >= 11 is 1.58. The van der Waals surface area contributed by atoms with Crippen LogP contribution in [0.15, 0.2) is 35.7 Å². The molecule has 0 aliphatic carbocycles. The maximum atomic E-state index is 12.3. The van der Waals surface area contributed by atoms with Gasteiger partial charge in [0.1, 0.15) is 12.4 Å². The Morgan fingerprint density at radius 3 is 2.75 bits per heavy atom. The minimum Gasteiger partial charge on any atom is -0.487 e. The molecule has 6 nitrogen and oxygen atoms in total. The summed E-state index contributed by atoms with van der Waals surface area (Å²) < 4.78 is 5.83. The number of carboxylic acids is 1. The number of carboxylic acid groups (broad SMARTS) is 1. The van der Waals surface area contributed by atoms with Crippen molar-refractivity contribution in [2.45, 2.75) is 20.0 Å². The Hall–Kier alpha value is -2.09. The summed E-state index contributed by atoms with van der Waals surface area (Å²) in [7, 11) is 0. The molecule has 152 valence electrons. The van der Waals surface area contributed by atoms with Gasteiger partial charge in [-0.1, -0.05) is 18.2 Å². The molecule has 1 atom stereocenters. The number of aromatic nitrogens is 1. The molecule has 2 heterocycles. The normalized spacial score (nSPS) is 15.8. The minimum atomic E-state index is -0.847. The number of aryl methyl sites for hydroxylation is 1. The lowest BCUT2D eigenvalue weighted by molar-refractivity contribution is -0.141. The standard InChI is InChI=1S/C19H20N2O4S.2ClH/c1-13-20-16(12-26-13)11-25-17-5-3-2-4-14(17)6-7-18(22)21-9-8-15(10-21)19(23)24;;/h2-7,12,15H,8-11H2,1H3,(H,23,24);2*1H/b7-6+;;. The van der Waals surface area contributed by atoms with Crippen molar-refractivity contribution in [3.8, 4) is 5.75 Å². The second-order valence-corrected chi connectivity index (χ2v) is 7.19. The Bertz CT molecular complexity index is 841. The van der Waals surface area contributed by atoms with Crippen LogP contribution in [0.4, 0.5) is 0 Å². The van der Waals surface area contributed by atoms with Gasteiger partial charge in [0.25, 0.3) is 0 Å². The largest absolute Gasteiger partial charge is 0.487 e. The van der Waals surface area contributed by atoms with Gasteiger partial charge in [-0.05, 0) is 25.5 Å². The summed E-state index contributed by atoms with van der Waals surface area (Å²) in [6.45, 7) is 3.06. The zero-order valence-corrected chi connectivity index (χ0v) is 17.7. The Morgan fingerprint density at radius 2 is 2.11 bits per heavy atom. The molecule has 1 aromatic heterocycles. The molecule has 3 rings (SSSR count). The number of hydrogen-bond acceptors (Lipinski definition) is 5. The van der Waals surface area contributed by atoms with Gasteiger partial charge in [-0.3, -0.25) is 9.59 Å². The van der Waals surface area contributed by atoms with Crippen molar-refractivity contribution in [2.75, 3.05) is 13.1 Å². The highest BCUT2D eigenvalue weighted by molar-refractivity contribution is 7.09. The van der Waals surface area contributed by atoms with Gasteiger partial charge >= 0.3 is 5.97 Å². The second kappa shape index (κ2) is 11.0. The molecule has 2 aromatic rings. The number of para-hydroxylation sites is 1. The van der Waals surface area contributed by atoms with Crippen molar-refractivity contribution < 1.29 is 19.4 Å². The van der Waals surface area contributed by atoms with E-state index in [1.807, 2.05) is 36.6 Å². The lowest BCUT2D eigenvalue weighted by Gasteiger charge is -2.13. The van der Waals surface area contributed by atoms with Gasteiger partial charge < -0.3 is 14.7 Å². The maximum Gasteiger partial charge on any atom is 0.308 e. The average molecular weight is 445 g/mol. The third kappa shape index (κ3) is 6.22. The van der Waals surface area contributed by atoms with Gasteiger partial charge in [0.15, 0.2) is 0 Å². The van der Waals surface area contributed by atoms with E-state index in [2.05, 4.69) is 4.98 Å². The molecule has 1 unspecified atom stereocenters. The topological polar surface area (TPSA) is 79.7 Å². The molecule has 0 spiro atoms. The monoisotopic (exact) mass is 444 g/mol. The molecule has 1 saturated heterocycles. The molecule has 28 heavy (non-hydrogen) atoms. The van der Waals surface area contributed by atoms with E-state index in [0.29, 0.717) is 25.3 Å². The van der Waals surface area contributed by atoms with E-state index in [-0.39, 0.29) is 37.3 Å². The molecule has 0 bridgehead atoms. The number of likely N-dealkylation sites (tertiary alicyclic amines) is 1. The first-order valence-corrected chi connectivity index (χ1v) is 9.23. The number of carbonyl (C=O) groups excluding carboxylic acids is 1. The van der Waals surface area contributed by atoms with Crippen LogP contribution in [0.1, 0.15) is 22.7 Å². The number of hydrogen-bond donors (Lipinski definition) is 1. The first-order valence-electron chi connectivity index (χ1n) is 8.35. The maximum absolute atomic E-state index is 12.3. The van der Waals surface area contributed by atoms with E-state index in [0.717, 1.165) is 16.3 Å². The Labute approximate surface area is 180 Å². The summed E-state index contributed by atoms with van der Waals surface area (Å²) in [5, 5.41) is 12.0. The molecule has 1 aliphatic heterocycles. The first kappa shape index (κ1) is 23.9. The number of aliphatic carboxylic acids is 1. The van der Waals surface area contributed by atoms with Crippen molar-refractivity contribution in [3.63, 3.8) is 0 Å². The van der Waals surface area contributed by atoms with E-state index in [9.17, 15) is 9.59 Å². The van der Waals surface area contributed by atoms with Gasteiger partial charge in [-0.15, -0.1) is 36.2 Å². The summed E-state index contributed by atoms with van der Waals surface area (Å²) in [5.74, 6) is -0.824. The fraction of sp³-hybridized carbons (Fsp3) is 0.316. The highest BCUT2D eigenvalue weighted by Crippen LogP contribution is 2.22. The Balaban J connectivity index is 0.00000196. The fourth-order valence-electron chi connectivity index (χ4n) is 2.80. The van der Waals surface area contributed by atoms with E-state index >= 15 is 0 Å². The average Bonchev–Trinajstić information content (AvgIpc) is 3.28. The summed E-state index contributed by atoms with van der Waals surface area (Å²) in [4.78, 5) is 29.2. The Kier molecular flexibility index (Phi) is 9.45. The summed E-state index contributed by atoms with van der Waals surface area (Å²) in [5.41, 5.74) is 1.67. The molecular formula is C19H22Cl2N2O4S. The van der Waals surface area contributed by atoms with Gasteiger partial charge in [-0.2, -0.15) is 0 Å². The number of benzene rings is 1. The first-order chi connectivity index (χ1) is 12.5. The van der Waals surface area contributed by atoms with Crippen LogP contribution in [0.5, 0.6) is 5.75 Å². The summed E-state index contributed by atoms with van der Waals surface area (Å²) in [6, 6.07) is 7.47. The van der Waals surface area contributed by atoms with Crippen LogP contribution in [0.2, 0.25) is 0 Å². The number of ether oxygens (including phenoxy) is 1. The van der Waals surface area contributed by atoms with Crippen molar-refractivity contribution in [1.82, 2.24) is 9.88 Å². The van der Waals surface area contributed by atoms with Crippen LogP contribution >= 0.6 is 36.2 Å². The number of nitrogens with zero attached hydrogens (tertiary/aromatic N) is 2. The highest BCUT2D eigenvalue weighted by atomic mass is 35.5. The predicted octanol–water partition coefficient (Wildman–Crippen LogP) is 3.82. The molecule has 1 amide bonds. The number of carbonyl (C=O) groups is 2. The van der Waals surface area contributed by atoms with Crippen molar-refractivity contribution >= 4 is 54.1 Å². The number of halogens is 2. The zero-order valence-electron chi connectivity index (χ0n) is 15.2. The van der Waals surface area contributed by atoms with Crippen LogP contribution in [-0.2, 0) is 16.2 Å². The lowest BCUT2D eigenvalue weighted by atomic mass is 10.1. The predicted molar refractivity (Wildman–Crippen MR) is 113 cm³/mol. The smallest absolute Gasteiger partial charge is 0.308 e. The van der Waals surface area contributed by atoms with Gasteiger partial charge in [0, 0.05) is 30.1 Å². The minimum absolute atomic E-state index is 0. The quantitative estimate of drug-likeness (QED) is 0.684. The van der Waals surface area contributed by atoms with Crippen LogP contribution in [-0.4, -0.2) is 40.0 Å². The van der Waals surface area contributed by atoms with Gasteiger partial charge in [0.2, 0.25) is 5.91 Å². The molecule has 9 heteroatoms. The van der Waals surface area contributed by atoms with Crippen molar-refractivity contribution in [2.24, 2.45) is 5.92 Å². The molecule has 0 radical (unpaired) electrons. The lowest BCUT2D eigenvalue weighted by Crippen LogP contribution is -2.28.